The molecule has 0 unspecified atom stereocenters. The molecule has 1 saturated heterocycles. The lowest BCUT2D eigenvalue weighted by Crippen LogP contribution is -2.35. The van der Waals surface area contributed by atoms with Gasteiger partial charge >= 0.3 is 6.18 Å². The monoisotopic (exact) mass is 481 g/mol. The van der Waals surface area contributed by atoms with Gasteiger partial charge in [0.15, 0.2) is 0 Å². The Hall–Kier alpha value is -3.76. The van der Waals surface area contributed by atoms with Crippen LogP contribution in [0, 0.1) is 0 Å². The summed E-state index contributed by atoms with van der Waals surface area (Å²) in [5, 5.41) is 2.79. The Labute approximate surface area is 199 Å². The first-order valence-corrected chi connectivity index (χ1v) is 11.1. The summed E-state index contributed by atoms with van der Waals surface area (Å²) in [7, 11) is 0. The van der Waals surface area contributed by atoms with E-state index in [1.165, 1.54) is 18.2 Å². The van der Waals surface area contributed by atoms with Crippen molar-refractivity contribution in [2.45, 2.75) is 12.7 Å². The first kappa shape index (κ1) is 23.0. The van der Waals surface area contributed by atoms with E-state index in [2.05, 4.69) is 25.2 Å². The van der Waals surface area contributed by atoms with Gasteiger partial charge in [0.2, 0.25) is 0 Å². The molecule has 1 aliphatic heterocycles. The fourth-order valence-electron chi connectivity index (χ4n) is 4.09. The highest BCUT2D eigenvalue weighted by molar-refractivity contribution is 6.11. The van der Waals surface area contributed by atoms with Crippen LogP contribution in [0.3, 0.4) is 0 Å². The second kappa shape index (κ2) is 9.47. The van der Waals surface area contributed by atoms with Gasteiger partial charge in [0.1, 0.15) is 17.2 Å². The van der Waals surface area contributed by atoms with Gasteiger partial charge in [-0.05, 0) is 30.3 Å². The maximum atomic E-state index is 13.5. The highest BCUT2D eigenvalue weighted by Gasteiger charge is 2.34. The van der Waals surface area contributed by atoms with E-state index in [9.17, 15) is 18.0 Å². The summed E-state index contributed by atoms with van der Waals surface area (Å²) in [6.07, 6.45) is -4.53. The number of imidazole rings is 1. The van der Waals surface area contributed by atoms with Crippen molar-refractivity contribution in [1.29, 1.82) is 0 Å². The Balaban J connectivity index is 1.41. The van der Waals surface area contributed by atoms with Crippen molar-refractivity contribution in [1.82, 2.24) is 19.9 Å². The first-order valence-electron chi connectivity index (χ1n) is 11.1. The van der Waals surface area contributed by atoms with Gasteiger partial charge in [-0.25, -0.2) is 9.97 Å². The number of carbonyl (C=O) groups excluding carboxylic acids is 1. The van der Waals surface area contributed by atoms with Gasteiger partial charge < -0.3 is 15.0 Å². The number of rotatable bonds is 5. The minimum Gasteiger partial charge on any atom is -0.379 e. The predicted molar refractivity (Wildman–Crippen MR) is 125 cm³/mol. The van der Waals surface area contributed by atoms with E-state index in [1.54, 1.807) is 24.3 Å². The lowest BCUT2D eigenvalue weighted by Gasteiger charge is -2.26. The standard InChI is InChI=1S/C25H22F3N5O2/c26-25(27,28)19-8-2-1-6-17(19)23-30-20-9-4-7-18(22(20)32-23)24(34)31-21-10-3-5-16(29-21)15-33-11-13-35-14-12-33/h1-10H,11-15H2,(H,30,32)(H,29,31,34). The van der Waals surface area contributed by atoms with Crippen LogP contribution in [0.25, 0.3) is 22.4 Å². The zero-order valence-electron chi connectivity index (χ0n) is 18.6. The quantitative estimate of drug-likeness (QED) is 0.431. The number of morpholine rings is 1. The van der Waals surface area contributed by atoms with Crippen LogP contribution >= 0.6 is 0 Å². The molecule has 180 valence electrons. The van der Waals surface area contributed by atoms with E-state index in [-0.39, 0.29) is 22.5 Å². The topological polar surface area (TPSA) is 83.1 Å². The number of amides is 1. The van der Waals surface area contributed by atoms with Crippen LogP contribution in [0.15, 0.2) is 60.7 Å². The number of alkyl halides is 3. The molecule has 1 amide bonds. The number of ether oxygens (including phenoxy) is 1. The van der Waals surface area contributed by atoms with Crippen molar-refractivity contribution in [3.05, 3.63) is 77.5 Å². The zero-order valence-corrected chi connectivity index (χ0v) is 18.6. The number of nitrogens with zero attached hydrogens (tertiary/aromatic N) is 3. The lowest BCUT2D eigenvalue weighted by molar-refractivity contribution is -0.137. The predicted octanol–water partition coefficient (Wildman–Crippen LogP) is 4.73. The summed E-state index contributed by atoms with van der Waals surface area (Å²) in [6.45, 7) is 3.64. The number of hydrogen-bond donors (Lipinski definition) is 2. The molecule has 1 aliphatic rings. The summed E-state index contributed by atoms with van der Waals surface area (Å²) in [4.78, 5) is 27.1. The summed E-state index contributed by atoms with van der Waals surface area (Å²) >= 11 is 0. The molecule has 0 saturated carbocycles. The third-order valence-corrected chi connectivity index (χ3v) is 5.78. The number of halogens is 3. The van der Waals surface area contributed by atoms with Crippen molar-refractivity contribution < 1.29 is 22.7 Å². The van der Waals surface area contributed by atoms with Crippen LogP contribution in [-0.2, 0) is 17.5 Å². The zero-order chi connectivity index (χ0) is 24.4. The number of aromatic amines is 1. The van der Waals surface area contributed by atoms with Crippen LogP contribution in [0.4, 0.5) is 19.0 Å². The molecule has 3 heterocycles. The van der Waals surface area contributed by atoms with E-state index in [0.717, 1.165) is 24.8 Å². The van der Waals surface area contributed by atoms with Gasteiger partial charge in [-0.2, -0.15) is 13.2 Å². The Morgan fingerprint density at radius 1 is 1.00 bits per heavy atom. The molecule has 10 heteroatoms. The Bertz CT molecular complexity index is 1360. The second-order valence-corrected chi connectivity index (χ2v) is 8.19. The third kappa shape index (κ3) is 5.03. The molecular formula is C25H22F3N5O2. The van der Waals surface area contributed by atoms with E-state index in [1.807, 2.05) is 12.1 Å². The van der Waals surface area contributed by atoms with Crippen molar-refractivity contribution in [3.8, 4) is 11.4 Å². The minimum absolute atomic E-state index is 0.0406. The Morgan fingerprint density at radius 3 is 2.57 bits per heavy atom. The number of nitrogens with one attached hydrogen (secondary N) is 2. The van der Waals surface area contributed by atoms with Crippen LogP contribution in [0.2, 0.25) is 0 Å². The molecular weight excluding hydrogens is 459 g/mol. The maximum absolute atomic E-state index is 13.5. The molecule has 0 spiro atoms. The first-order chi connectivity index (χ1) is 16.9. The van der Waals surface area contributed by atoms with E-state index >= 15 is 0 Å². The Morgan fingerprint density at radius 2 is 1.77 bits per heavy atom. The smallest absolute Gasteiger partial charge is 0.379 e. The normalized spacial score (nSPS) is 14.8. The lowest BCUT2D eigenvalue weighted by atomic mass is 10.1. The van der Waals surface area contributed by atoms with E-state index in [0.29, 0.717) is 31.1 Å². The summed E-state index contributed by atoms with van der Waals surface area (Å²) < 4.78 is 45.9. The fourth-order valence-corrected chi connectivity index (χ4v) is 4.09. The molecule has 35 heavy (non-hydrogen) atoms. The number of pyridine rings is 1. The number of hydrogen-bond acceptors (Lipinski definition) is 5. The average molecular weight is 481 g/mol. The van der Waals surface area contributed by atoms with Crippen molar-refractivity contribution in [3.63, 3.8) is 0 Å². The average Bonchev–Trinajstić information content (AvgIpc) is 3.29. The molecule has 2 N–H and O–H groups in total. The molecule has 0 radical (unpaired) electrons. The molecule has 4 aromatic rings. The van der Waals surface area contributed by atoms with Gasteiger partial charge in [0.25, 0.3) is 5.91 Å². The summed E-state index contributed by atoms with van der Waals surface area (Å²) in [5.41, 5.74) is 0.898. The number of fused-ring (bicyclic) bond motifs is 1. The SMILES string of the molecule is O=C(Nc1cccc(CN2CCOCC2)n1)c1cccc2[nH]c(-c3ccccc3C(F)(F)F)nc12. The summed E-state index contributed by atoms with van der Waals surface area (Å²) in [6, 6.07) is 15.5. The highest BCUT2D eigenvalue weighted by atomic mass is 19.4. The van der Waals surface area contributed by atoms with Crippen LogP contribution in [0.5, 0.6) is 0 Å². The Kier molecular flexibility index (Phi) is 6.23. The van der Waals surface area contributed by atoms with Crippen molar-refractivity contribution in [2.75, 3.05) is 31.6 Å². The number of carbonyl (C=O) groups is 1. The minimum atomic E-state index is -4.53. The largest absolute Gasteiger partial charge is 0.417 e. The highest BCUT2D eigenvalue weighted by Crippen LogP contribution is 2.36. The van der Waals surface area contributed by atoms with Gasteiger partial charge in [0.05, 0.1) is 35.6 Å². The van der Waals surface area contributed by atoms with Gasteiger partial charge in [0, 0.05) is 25.2 Å². The van der Waals surface area contributed by atoms with Gasteiger partial charge in [-0.3, -0.25) is 9.69 Å². The molecule has 1 fully saturated rings. The van der Waals surface area contributed by atoms with Crippen LogP contribution in [0.1, 0.15) is 21.6 Å². The molecule has 7 nitrogen and oxygen atoms in total. The number of H-pyrrole nitrogens is 1. The summed E-state index contributed by atoms with van der Waals surface area (Å²) in [5.74, 6) is -0.0245. The van der Waals surface area contributed by atoms with Crippen LogP contribution in [-0.4, -0.2) is 52.1 Å². The number of para-hydroxylation sites is 1. The molecule has 2 aromatic carbocycles. The van der Waals surface area contributed by atoms with E-state index < -0.39 is 17.6 Å². The number of benzene rings is 2. The number of aromatic nitrogens is 3. The molecule has 0 aliphatic carbocycles. The van der Waals surface area contributed by atoms with Crippen LogP contribution < -0.4 is 5.32 Å². The maximum Gasteiger partial charge on any atom is 0.417 e. The molecule has 2 aromatic heterocycles. The van der Waals surface area contributed by atoms with Crippen molar-refractivity contribution in [2.24, 2.45) is 0 Å². The van der Waals surface area contributed by atoms with Crippen molar-refractivity contribution >= 4 is 22.8 Å². The third-order valence-electron chi connectivity index (χ3n) is 5.78. The molecule has 0 atom stereocenters. The number of anilines is 1. The second-order valence-electron chi connectivity index (χ2n) is 8.19. The van der Waals surface area contributed by atoms with Gasteiger partial charge in [-0.1, -0.05) is 30.3 Å². The van der Waals surface area contributed by atoms with Gasteiger partial charge in [-0.15, -0.1) is 0 Å². The molecule has 5 rings (SSSR count). The molecule has 0 bridgehead atoms. The van der Waals surface area contributed by atoms with E-state index in [4.69, 9.17) is 4.74 Å². The fraction of sp³-hybridized carbons (Fsp3) is 0.240.